The minimum absolute atomic E-state index is 0.0827. The maximum absolute atomic E-state index is 9.12. The molecule has 0 saturated carbocycles. The van der Waals surface area contributed by atoms with Crippen LogP contribution in [0.15, 0.2) is 53.7 Å². The van der Waals surface area contributed by atoms with E-state index in [4.69, 9.17) is 21.7 Å². The van der Waals surface area contributed by atoms with Gasteiger partial charge < -0.3 is 5.11 Å². The Bertz CT molecular complexity index is 1020. The lowest BCUT2D eigenvalue weighted by Crippen LogP contribution is -1.99. The molecule has 0 bridgehead atoms. The molecular formula is C17H13ClN4OS. The minimum Gasteiger partial charge on any atom is -0.396 e. The number of hydrogen-bond acceptors (Lipinski definition) is 5. The predicted molar refractivity (Wildman–Crippen MR) is 96.5 cm³/mol. The number of aromatic nitrogens is 4. The van der Waals surface area contributed by atoms with Crippen LogP contribution in [0, 0.1) is 0 Å². The number of halogens is 1. The maximum atomic E-state index is 9.12. The van der Waals surface area contributed by atoms with Crippen LogP contribution in [-0.2, 0) is 0 Å². The van der Waals surface area contributed by atoms with Crippen molar-refractivity contribution in [1.29, 1.82) is 0 Å². The highest BCUT2D eigenvalue weighted by Crippen LogP contribution is 2.26. The number of para-hydroxylation sites is 1. The van der Waals surface area contributed by atoms with E-state index in [2.05, 4.69) is 10.1 Å². The Morgan fingerprint density at radius 2 is 1.83 bits per heavy atom. The van der Waals surface area contributed by atoms with Gasteiger partial charge in [0, 0.05) is 21.7 Å². The Kier molecular flexibility index (Phi) is 4.10. The number of hydrogen-bond donors (Lipinski definition) is 1. The molecule has 0 radical (unpaired) electrons. The molecule has 4 aromatic rings. The number of rotatable bonds is 4. The third-order valence-corrected chi connectivity index (χ3v) is 4.74. The van der Waals surface area contributed by atoms with Gasteiger partial charge in [-0.3, -0.25) is 0 Å². The van der Waals surface area contributed by atoms with E-state index in [-0.39, 0.29) is 6.61 Å². The van der Waals surface area contributed by atoms with Gasteiger partial charge in [0.05, 0.1) is 12.1 Å². The summed E-state index contributed by atoms with van der Waals surface area (Å²) in [5.74, 6) is 1.17. The monoisotopic (exact) mass is 356 g/mol. The van der Waals surface area contributed by atoms with Gasteiger partial charge in [0.25, 0.3) is 0 Å². The number of nitrogens with zero attached hydrogens (tertiary/aromatic N) is 4. The second kappa shape index (κ2) is 6.39. The molecule has 2 aromatic carbocycles. The lowest BCUT2D eigenvalue weighted by atomic mass is 10.2. The van der Waals surface area contributed by atoms with Crippen LogP contribution in [-0.4, -0.2) is 37.0 Å². The van der Waals surface area contributed by atoms with Gasteiger partial charge in [-0.2, -0.15) is 4.52 Å². The maximum Gasteiger partial charge on any atom is 0.191 e. The van der Waals surface area contributed by atoms with Crippen LogP contribution in [0.1, 0.15) is 0 Å². The van der Waals surface area contributed by atoms with E-state index in [0.717, 1.165) is 22.1 Å². The van der Waals surface area contributed by atoms with Gasteiger partial charge in [-0.25, -0.2) is 9.97 Å². The fourth-order valence-corrected chi connectivity index (χ4v) is 3.29. The van der Waals surface area contributed by atoms with Crippen molar-refractivity contribution in [3.05, 3.63) is 53.6 Å². The third-order valence-electron chi connectivity index (χ3n) is 3.57. The molecule has 0 amide bonds. The fourth-order valence-electron chi connectivity index (χ4n) is 2.48. The first-order valence-electron chi connectivity index (χ1n) is 7.41. The van der Waals surface area contributed by atoms with Crippen molar-refractivity contribution < 1.29 is 5.11 Å². The average Bonchev–Trinajstić information content (AvgIpc) is 3.06. The lowest BCUT2D eigenvalue weighted by molar-refractivity contribution is 0.322. The molecule has 4 rings (SSSR count). The summed E-state index contributed by atoms with van der Waals surface area (Å²) in [5.41, 5.74) is 2.51. The van der Waals surface area contributed by atoms with Crippen LogP contribution in [0.4, 0.5) is 0 Å². The smallest absolute Gasteiger partial charge is 0.191 e. The van der Waals surface area contributed by atoms with E-state index in [1.165, 1.54) is 11.8 Å². The largest absolute Gasteiger partial charge is 0.396 e. The second-order valence-electron chi connectivity index (χ2n) is 5.16. The highest BCUT2D eigenvalue weighted by Gasteiger charge is 2.14. The van der Waals surface area contributed by atoms with E-state index >= 15 is 0 Å². The highest BCUT2D eigenvalue weighted by atomic mass is 35.5. The molecule has 1 N–H and O–H groups in total. The molecule has 120 valence electrons. The molecular weight excluding hydrogens is 344 g/mol. The molecule has 0 atom stereocenters. The van der Waals surface area contributed by atoms with Crippen LogP contribution >= 0.6 is 23.4 Å². The molecule has 5 nitrogen and oxygen atoms in total. The van der Waals surface area contributed by atoms with Crippen molar-refractivity contribution in [2.24, 2.45) is 0 Å². The van der Waals surface area contributed by atoms with Crippen LogP contribution in [0.3, 0.4) is 0 Å². The molecule has 0 aliphatic heterocycles. The Morgan fingerprint density at radius 3 is 2.62 bits per heavy atom. The summed E-state index contributed by atoms with van der Waals surface area (Å²) in [6.07, 6.45) is 0. The van der Waals surface area contributed by atoms with Crippen molar-refractivity contribution in [1.82, 2.24) is 19.6 Å². The Balaban J connectivity index is 1.95. The third kappa shape index (κ3) is 2.73. The van der Waals surface area contributed by atoms with E-state index in [0.29, 0.717) is 21.8 Å². The molecule has 7 heteroatoms. The highest BCUT2D eigenvalue weighted by molar-refractivity contribution is 7.99. The first-order chi connectivity index (χ1) is 11.8. The number of aliphatic hydroxyl groups excluding tert-OH is 1. The summed E-state index contributed by atoms with van der Waals surface area (Å²) in [6, 6.07) is 15.3. The molecule has 2 heterocycles. The van der Waals surface area contributed by atoms with Gasteiger partial charge in [0.15, 0.2) is 16.6 Å². The van der Waals surface area contributed by atoms with E-state index in [9.17, 15) is 0 Å². The van der Waals surface area contributed by atoms with Crippen molar-refractivity contribution in [2.45, 2.75) is 5.16 Å². The molecule has 24 heavy (non-hydrogen) atoms. The topological polar surface area (TPSA) is 63.3 Å². The average molecular weight is 357 g/mol. The SMILES string of the molecule is OCCSc1nc2ccccc2c2nc(-c3ccc(Cl)cc3)nn12. The molecule has 0 aliphatic carbocycles. The van der Waals surface area contributed by atoms with Crippen LogP contribution in [0.2, 0.25) is 5.02 Å². The van der Waals surface area contributed by atoms with Crippen LogP contribution in [0.5, 0.6) is 0 Å². The van der Waals surface area contributed by atoms with Crippen molar-refractivity contribution in [3.8, 4) is 11.4 Å². The summed E-state index contributed by atoms with van der Waals surface area (Å²) in [6.45, 7) is 0.0827. The van der Waals surface area contributed by atoms with Crippen molar-refractivity contribution in [2.75, 3.05) is 12.4 Å². The van der Waals surface area contributed by atoms with Gasteiger partial charge in [-0.05, 0) is 36.4 Å². The fraction of sp³-hybridized carbons (Fsp3) is 0.118. The predicted octanol–water partition coefficient (Wildman–Crippen LogP) is 3.68. The zero-order valence-electron chi connectivity index (χ0n) is 12.6. The summed E-state index contributed by atoms with van der Waals surface area (Å²) in [4.78, 5) is 9.36. The second-order valence-corrected chi connectivity index (χ2v) is 6.66. The normalized spacial score (nSPS) is 11.4. The molecule has 0 aliphatic rings. The Labute approximate surface area is 147 Å². The summed E-state index contributed by atoms with van der Waals surface area (Å²) >= 11 is 7.41. The summed E-state index contributed by atoms with van der Waals surface area (Å²) in [5, 5.41) is 16.1. The zero-order valence-corrected chi connectivity index (χ0v) is 14.1. The van der Waals surface area contributed by atoms with Gasteiger partial charge in [-0.15, -0.1) is 5.10 Å². The summed E-state index contributed by atoms with van der Waals surface area (Å²) in [7, 11) is 0. The molecule has 0 spiro atoms. The van der Waals surface area contributed by atoms with E-state index < -0.39 is 0 Å². The molecule has 0 fully saturated rings. The first kappa shape index (κ1) is 15.4. The number of fused-ring (bicyclic) bond motifs is 3. The quantitative estimate of drug-likeness (QED) is 0.446. The zero-order chi connectivity index (χ0) is 16.5. The minimum atomic E-state index is 0.0827. The van der Waals surface area contributed by atoms with E-state index in [1.54, 1.807) is 4.52 Å². The van der Waals surface area contributed by atoms with Gasteiger partial charge >= 0.3 is 0 Å². The van der Waals surface area contributed by atoms with Gasteiger partial charge in [0.1, 0.15) is 0 Å². The number of benzene rings is 2. The van der Waals surface area contributed by atoms with Crippen molar-refractivity contribution >= 4 is 39.9 Å². The van der Waals surface area contributed by atoms with Crippen LogP contribution in [0.25, 0.3) is 27.9 Å². The lowest BCUT2D eigenvalue weighted by Gasteiger charge is -2.04. The molecule has 0 unspecified atom stereocenters. The Hall–Kier alpha value is -2.15. The number of aliphatic hydroxyl groups is 1. The van der Waals surface area contributed by atoms with Gasteiger partial charge in [-0.1, -0.05) is 35.5 Å². The van der Waals surface area contributed by atoms with Crippen molar-refractivity contribution in [3.63, 3.8) is 0 Å². The first-order valence-corrected chi connectivity index (χ1v) is 8.78. The standard InChI is InChI=1S/C17H13ClN4OS/c18-12-7-5-11(6-8-12)15-20-16-13-3-1-2-4-14(13)19-17(22(16)21-15)24-10-9-23/h1-8,23H,9-10H2. The van der Waals surface area contributed by atoms with Crippen LogP contribution < -0.4 is 0 Å². The van der Waals surface area contributed by atoms with Gasteiger partial charge in [0.2, 0.25) is 0 Å². The molecule has 0 saturated heterocycles. The molecule has 2 aromatic heterocycles. The van der Waals surface area contributed by atoms with E-state index in [1.807, 2.05) is 48.5 Å². The Morgan fingerprint density at radius 1 is 1.04 bits per heavy atom. The summed E-state index contributed by atoms with van der Waals surface area (Å²) < 4.78 is 1.74. The number of thioether (sulfide) groups is 1.